The van der Waals surface area contributed by atoms with Gasteiger partial charge in [-0.3, -0.25) is 0 Å². The molecule has 1 aliphatic rings. The van der Waals surface area contributed by atoms with Crippen molar-refractivity contribution in [1.29, 1.82) is 0 Å². The molecule has 1 saturated heterocycles. The van der Waals surface area contributed by atoms with E-state index in [0.717, 1.165) is 6.42 Å². The Kier molecular flexibility index (Phi) is 4.60. The van der Waals surface area contributed by atoms with Crippen molar-refractivity contribution in [3.8, 4) is 0 Å². The van der Waals surface area contributed by atoms with Gasteiger partial charge < -0.3 is 0 Å². The number of halogens is 2. The molecule has 2 unspecified atom stereocenters. The van der Waals surface area contributed by atoms with Gasteiger partial charge in [-0.05, 0) is 52.4 Å². The minimum Gasteiger partial charge on any atom is -0.207 e. The van der Waals surface area contributed by atoms with Crippen LogP contribution >= 0.6 is 27.5 Å². The van der Waals surface area contributed by atoms with Gasteiger partial charge in [0.15, 0.2) is 0 Å². The highest BCUT2D eigenvalue weighted by Crippen LogP contribution is 2.30. The van der Waals surface area contributed by atoms with Crippen molar-refractivity contribution < 1.29 is 8.42 Å². The summed E-state index contributed by atoms with van der Waals surface area (Å²) in [4.78, 5) is 0.297. The van der Waals surface area contributed by atoms with Crippen molar-refractivity contribution in [1.82, 2.24) is 4.31 Å². The van der Waals surface area contributed by atoms with Crippen molar-refractivity contribution in [3.63, 3.8) is 0 Å². The number of piperidine rings is 1. The van der Waals surface area contributed by atoms with E-state index in [-0.39, 0.29) is 0 Å². The average Bonchev–Trinajstić information content (AvgIpc) is 2.35. The van der Waals surface area contributed by atoms with Gasteiger partial charge in [-0.15, -0.1) is 0 Å². The first kappa shape index (κ1) is 15.3. The molecule has 2 atom stereocenters. The number of sulfonamides is 1. The lowest BCUT2D eigenvalue weighted by Crippen LogP contribution is -2.42. The Hall–Kier alpha value is -0.100. The van der Waals surface area contributed by atoms with Gasteiger partial charge >= 0.3 is 0 Å². The molecule has 6 heteroatoms. The van der Waals surface area contributed by atoms with Gasteiger partial charge in [0, 0.05) is 17.6 Å². The SMILES string of the molecule is CC1CCN(S(=O)(=O)c2ccc(Cl)c(Br)c2)CC1C. The normalized spacial score (nSPS) is 25.5. The van der Waals surface area contributed by atoms with E-state index < -0.39 is 10.0 Å². The second-order valence-electron chi connectivity index (χ2n) is 5.18. The van der Waals surface area contributed by atoms with Gasteiger partial charge in [-0.2, -0.15) is 4.31 Å². The van der Waals surface area contributed by atoms with Crippen LogP contribution in [0.4, 0.5) is 0 Å². The van der Waals surface area contributed by atoms with Gasteiger partial charge in [0.05, 0.1) is 9.92 Å². The monoisotopic (exact) mass is 365 g/mol. The van der Waals surface area contributed by atoms with Gasteiger partial charge in [0.2, 0.25) is 10.0 Å². The summed E-state index contributed by atoms with van der Waals surface area (Å²) in [5.74, 6) is 0.961. The van der Waals surface area contributed by atoms with Crippen LogP contribution in [0.5, 0.6) is 0 Å². The summed E-state index contributed by atoms with van der Waals surface area (Å²) in [6.07, 6.45) is 0.912. The van der Waals surface area contributed by atoms with Gasteiger partial charge in [0.25, 0.3) is 0 Å². The first-order chi connectivity index (χ1) is 8.82. The number of hydrogen-bond donors (Lipinski definition) is 0. The molecule has 2 rings (SSSR count). The largest absolute Gasteiger partial charge is 0.243 e. The second-order valence-corrected chi connectivity index (χ2v) is 8.38. The Morgan fingerprint density at radius 2 is 2.00 bits per heavy atom. The maximum atomic E-state index is 12.6. The standard InChI is InChI=1S/C13H17BrClNO2S/c1-9-5-6-16(8-10(9)2)19(17,18)11-3-4-13(15)12(14)7-11/h3-4,7,9-10H,5-6,8H2,1-2H3. The van der Waals surface area contributed by atoms with Crippen LogP contribution < -0.4 is 0 Å². The lowest BCUT2D eigenvalue weighted by atomic mass is 9.90. The third kappa shape index (κ3) is 3.15. The predicted octanol–water partition coefficient (Wildman–Crippen LogP) is 3.77. The quantitative estimate of drug-likeness (QED) is 0.799. The molecular formula is C13H17BrClNO2S. The summed E-state index contributed by atoms with van der Waals surface area (Å²) < 4.78 is 27.3. The van der Waals surface area contributed by atoms with Crippen molar-refractivity contribution in [3.05, 3.63) is 27.7 Å². The zero-order valence-electron chi connectivity index (χ0n) is 10.9. The van der Waals surface area contributed by atoms with Crippen molar-refractivity contribution in [2.75, 3.05) is 13.1 Å². The molecule has 0 N–H and O–H groups in total. The summed E-state index contributed by atoms with van der Waals surface area (Å²) in [5.41, 5.74) is 0. The summed E-state index contributed by atoms with van der Waals surface area (Å²) in [5, 5.41) is 0.514. The molecular weight excluding hydrogens is 350 g/mol. The zero-order chi connectivity index (χ0) is 14.2. The van der Waals surface area contributed by atoms with Crippen LogP contribution in [0.1, 0.15) is 20.3 Å². The summed E-state index contributed by atoms with van der Waals surface area (Å²) >= 11 is 9.17. The average molecular weight is 367 g/mol. The molecule has 1 aromatic carbocycles. The van der Waals surface area contributed by atoms with Gasteiger partial charge in [-0.1, -0.05) is 25.4 Å². The van der Waals surface area contributed by atoms with Crippen LogP contribution in [0.3, 0.4) is 0 Å². The van der Waals surface area contributed by atoms with E-state index in [2.05, 4.69) is 29.8 Å². The molecule has 0 spiro atoms. The predicted molar refractivity (Wildman–Crippen MR) is 80.9 cm³/mol. The molecule has 0 bridgehead atoms. The Morgan fingerprint density at radius 1 is 1.32 bits per heavy atom. The fraction of sp³-hybridized carbons (Fsp3) is 0.538. The highest BCUT2D eigenvalue weighted by Gasteiger charge is 2.31. The summed E-state index contributed by atoms with van der Waals surface area (Å²) in [6.45, 7) is 5.45. The highest BCUT2D eigenvalue weighted by atomic mass is 79.9. The Balaban J connectivity index is 2.29. The first-order valence-corrected chi connectivity index (χ1v) is 8.88. The molecule has 106 valence electrons. The van der Waals surface area contributed by atoms with Crippen LogP contribution in [-0.4, -0.2) is 25.8 Å². The third-order valence-corrected chi connectivity index (χ3v) is 6.90. The molecule has 3 nitrogen and oxygen atoms in total. The van der Waals surface area contributed by atoms with Crippen LogP contribution in [0.15, 0.2) is 27.6 Å². The second kappa shape index (κ2) is 5.72. The van der Waals surface area contributed by atoms with Crippen LogP contribution in [0.25, 0.3) is 0 Å². The molecule has 0 aromatic heterocycles. The van der Waals surface area contributed by atoms with E-state index in [1.165, 1.54) is 0 Å². The Morgan fingerprint density at radius 3 is 2.58 bits per heavy atom. The molecule has 1 heterocycles. The minimum absolute atomic E-state index is 0.297. The maximum absolute atomic E-state index is 12.6. The fourth-order valence-electron chi connectivity index (χ4n) is 2.23. The van der Waals surface area contributed by atoms with Crippen molar-refractivity contribution >= 4 is 37.6 Å². The van der Waals surface area contributed by atoms with E-state index in [4.69, 9.17) is 11.6 Å². The molecule has 1 aliphatic heterocycles. The molecule has 0 radical (unpaired) electrons. The molecule has 19 heavy (non-hydrogen) atoms. The lowest BCUT2D eigenvalue weighted by Gasteiger charge is -2.34. The van der Waals surface area contributed by atoms with E-state index in [1.54, 1.807) is 22.5 Å². The molecule has 0 aliphatic carbocycles. The third-order valence-electron chi connectivity index (χ3n) is 3.83. The smallest absolute Gasteiger partial charge is 0.207 e. The summed E-state index contributed by atoms with van der Waals surface area (Å²) in [6, 6.07) is 4.74. The molecule has 1 aromatic rings. The number of nitrogens with zero attached hydrogens (tertiary/aromatic N) is 1. The van der Waals surface area contributed by atoms with E-state index in [1.807, 2.05) is 0 Å². The van der Waals surface area contributed by atoms with Crippen molar-refractivity contribution in [2.24, 2.45) is 11.8 Å². The fourth-order valence-corrected chi connectivity index (χ4v) is 4.46. The topological polar surface area (TPSA) is 37.4 Å². The Bertz CT molecular complexity index is 576. The highest BCUT2D eigenvalue weighted by molar-refractivity contribution is 9.10. The van der Waals surface area contributed by atoms with Crippen molar-refractivity contribution in [2.45, 2.75) is 25.2 Å². The van der Waals surface area contributed by atoms with Crippen LogP contribution in [0.2, 0.25) is 5.02 Å². The maximum Gasteiger partial charge on any atom is 0.243 e. The lowest BCUT2D eigenvalue weighted by molar-refractivity contribution is 0.212. The minimum atomic E-state index is -3.41. The van der Waals surface area contributed by atoms with E-state index in [9.17, 15) is 8.42 Å². The van der Waals surface area contributed by atoms with Gasteiger partial charge in [0.1, 0.15) is 0 Å². The van der Waals surface area contributed by atoms with E-state index in [0.29, 0.717) is 39.3 Å². The zero-order valence-corrected chi connectivity index (χ0v) is 14.1. The molecule has 0 saturated carbocycles. The Labute approximate surface area is 128 Å². The van der Waals surface area contributed by atoms with Gasteiger partial charge in [-0.25, -0.2) is 8.42 Å². The first-order valence-electron chi connectivity index (χ1n) is 6.27. The summed E-state index contributed by atoms with van der Waals surface area (Å²) in [7, 11) is -3.41. The van der Waals surface area contributed by atoms with E-state index >= 15 is 0 Å². The number of benzene rings is 1. The van der Waals surface area contributed by atoms with Crippen LogP contribution in [-0.2, 0) is 10.0 Å². The van der Waals surface area contributed by atoms with Crippen LogP contribution in [0, 0.1) is 11.8 Å². The molecule has 0 amide bonds. The molecule has 1 fully saturated rings. The number of rotatable bonds is 2. The number of hydrogen-bond acceptors (Lipinski definition) is 2.